The molecule has 0 amide bonds. The topological polar surface area (TPSA) is 34.1 Å². The molecule has 2 aliphatic heterocycles. The zero-order chi connectivity index (χ0) is 13.7. The van der Waals surface area contributed by atoms with E-state index < -0.39 is 0 Å². The van der Waals surface area contributed by atoms with Crippen LogP contribution in [0.5, 0.6) is 0 Å². The van der Waals surface area contributed by atoms with Crippen molar-refractivity contribution in [3.05, 3.63) is 34.3 Å². The molecule has 0 bridgehead atoms. The van der Waals surface area contributed by atoms with Gasteiger partial charge in [-0.05, 0) is 31.9 Å². The van der Waals surface area contributed by atoms with Gasteiger partial charge in [-0.2, -0.15) is 0 Å². The van der Waals surface area contributed by atoms with E-state index in [-0.39, 0.29) is 17.2 Å². The van der Waals surface area contributed by atoms with Crippen LogP contribution in [0.25, 0.3) is 0 Å². The van der Waals surface area contributed by atoms with Crippen molar-refractivity contribution in [2.45, 2.75) is 44.4 Å². The molecular weight excluding hydrogens is 306 g/mol. The molecule has 0 unspecified atom stereocenters. The summed E-state index contributed by atoms with van der Waals surface area (Å²) < 4.78 is 12.9. The smallest absolute Gasteiger partial charge is 0.220 e. The lowest BCUT2D eigenvalue weighted by Gasteiger charge is -2.10. The predicted molar refractivity (Wildman–Crippen MR) is 78.5 cm³/mol. The molecule has 0 saturated carbocycles. The number of epoxide rings is 1. The number of hydrogen-bond donors (Lipinski definition) is 0. The van der Waals surface area contributed by atoms with Crippen LogP contribution in [0, 0.1) is 0 Å². The Hall–Kier alpha value is -0.870. The number of rotatable bonds is 3. The number of nitrogens with zero attached hydrogens (tertiary/aromatic N) is 1. The van der Waals surface area contributed by atoms with Crippen molar-refractivity contribution in [1.29, 1.82) is 0 Å². The van der Waals surface area contributed by atoms with E-state index in [1.165, 1.54) is 5.56 Å². The molecule has 2 aliphatic rings. The molecule has 1 fully saturated rings. The molecule has 1 aromatic rings. The maximum Gasteiger partial charge on any atom is 0.220 e. The van der Waals surface area contributed by atoms with E-state index >= 15 is 0 Å². The SMILES string of the molecule is CC[C@@]1(C2=NC(C)(C)CO2)O[C@@H]1c1ccccc1Br. The van der Waals surface area contributed by atoms with Gasteiger partial charge in [0.25, 0.3) is 0 Å². The van der Waals surface area contributed by atoms with Crippen molar-refractivity contribution < 1.29 is 9.47 Å². The Labute approximate surface area is 122 Å². The second-order valence-electron chi connectivity index (χ2n) is 5.78. The summed E-state index contributed by atoms with van der Waals surface area (Å²) in [5.41, 5.74) is 0.667. The fraction of sp³-hybridized carbons (Fsp3) is 0.533. The van der Waals surface area contributed by atoms with Crippen LogP contribution in [0.15, 0.2) is 33.7 Å². The minimum atomic E-state index is -0.363. The summed E-state index contributed by atoms with van der Waals surface area (Å²) in [5, 5.41) is 0. The number of benzene rings is 1. The average molecular weight is 324 g/mol. The summed E-state index contributed by atoms with van der Waals surface area (Å²) in [7, 11) is 0. The van der Waals surface area contributed by atoms with E-state index in [1.54, 1.807) is 0 Å². The average Bonchev–Trinajstić information content (AvgIpc) is 3.00. The summed E-state index contributed by atoms with van der Waals surface area (Å²) in [6.45, 7) is 6.92. The maximum absolute atomic E-state index is 6.01. The molecule has 19 heavy (non-hydrogen) atoms. The number of ether oxygens (including phenoxy) is 2. The lowest BCUT2D eigenvalue weighted by atomic mass is 9.96. The molecule has 1 saturated heterocycles. The molecule has 0 aliphatic carbocycles. The molecule has 4 heteroatoms. The van der Waals surface area contributed by atoms with E-state index in [0.29, 0.717) is 6.61 Å². The molecule has 0 radical (unpaired) electrons. The van der Waals surface area contributed by atoms with Gasteiger partial charge in [0.15, 0.2) is 5.60 Å². The molecule has 3 nitrogen and oxygen atoms in total. The third kappa shape index (κ3) is 2.11. The van der Waals surface area contributed by atoms with Crippen molar-refractivity contribution >= 4 is 21.8 Å². The minimum Gasteiger partial charge on any atom is -0.476 e. The van der Waals surface area contributed by atoms with E-state index in [2.05, 4.69) is 47.8 Å². The van der Waals surface area contributed by atoms with Gasteiger partial charge >= 0.3 is 0 Å². The zero-order valence-corrected chi connectivity index (χ0v) is 13.0. The van der Waals surface area contributed by atoms with Crippen LogP contribution in [0.3, 0.4) is 0 Å². The first-order valence-electron chi connectivity index (χ1n) is 6.64. The number of halogens is 1. The lowest BCUT2D eigenvalue weighted by Crippen LogP contribution is -2.25. The largest absolute Gasteiger partial charge is 0.476 e. The standard InChI is InChI=1S/C15H18BrNO2/c1-4-15(13-17-14(2,3)9-18-13)12(19-15)10-7-5-6-8-11(10)16/h5-8,12H,4,9H2,1-3H3/t12-,15-/m1/s1. The molecular formula is C15H18BrNO2. The normalized spacial score (nSPS) is 31.8. The van der Waals surface area contributed by atoms with Crippen LogP contribution in [-0.4, -0.2) is 23.6 Å². The maximum atomic E-state index is 6.01. The van der Waals surface area contributed by atoms with Crippen molar-refractivity contribution in [1.82, 2.24) is 0 Å². The molecule has 1 aromatic carbocycles. The Balaban J connectivity index is 1.91. The van der Waals surface area contributed by atoms with E-state index in [1.807, 2.05) is 18.2 Å². The third-order valence-corrected chi connectivity index (χ3v) is 4.46. The second-order valence-corrected chi connectivity index (χ2v) is 6.63. The van der Waals surface area contributed by atoms with Gasteiger partial charge in [0.05, 0.1) is 5.54 Å². The highest BCUT2D eigenvalue weighted by Gasteiger charge is 2.63. The van der Waals surface area contributed by atoms with Gasteiger partial charge in [-0.1, -0.05) is 41.1 Å². The molecule has 0 aromatic heterocycles. The molecule has 102 valence electrons. The van der Waals surface area contributed by atoms with Crippen LogP contribution in [0.2, 0.25) is 0 Å². The summed E-state index contributed by atoms with van der Waals surface area (Å²) in [4.78, 5) is 4.68. The van der Waals surface area contributed by atoms with Gasteiger partial charge in [0.1, 0.15) is 12.7 Å². The monoisotopic (exact) mass is 323 g/mol. The van der Waals surface area contributed by atoms with Gasteiger partial charge < -0.3 is 9.47 Å². The first-order valence-corrected chi connectivity index (χ1v) is 7.43. The van der Waals surface area contributed by atoms with Gasteiger partial charge in [-0.25, -0.2) is 4.99 Å². The molecule has 2 heterocycles. The predicted octanol–water partition coefficient (Wildman–Crippen LogP) is 3.88. The highest BCUT2D eigenvalue weighted by atomic mass is 79.9. The third-order valence-electron chi connectivity index (χ3n) is 3.74. The Morgan fingerprint density at radius 2 is 2.11 bits per heavy atom. The Morgan fingerprint density at radius 3 is 2.68 bits per heavy atom. The van der Waals surface area contributed by atoms with Gasteiger partial charge in [0.2, 0.25) is 5.90 Å². The van der Waals surface area contributed by atoms with Crippen LogP contribution < -0.4 is 0 Å². The van der Waals surface area contributed by atoms with E-state index in [4.69, 9.17) is 9.47 Å². The van der Waals surface area contributed by atoms with Gasteiger partial charge in [0, 0.05) is 4.47 Å². The van der Waals surface area contributed by atoms with Crippen molar-refractivity contribution in [2.24, 2.45) is 4.99 Å². The Kier molecular flexibility index (Phi) is 2.98. The lowest BCUT2D eigenvalue weighted by molar-refractivity contribution is 0.244. The van der Waals surface area contributed by atoms with Crippen LogP contribution >= 0.6 is 15.9 Å². The Morgan fingerprint density at radius 1 is 1.37 bits per heavy atom. The first-order chi connectivity index (χ1) is 8.98. The highest BCUT2D eigenvalue weighted by molar-refractivity contribution is 9.10. The van der Waals surface area contributed by atoms with E-state index in [0.717, 1.165) is 16.8 Å². The molecule has 0 N–H and O–H groups in total. The summed E-state index contributed by atoms with van der Waals surface area (Å²) in [5.74, 6) is 0.765. The number of aliphatic imine (C=N–C) groups is 1. The number of hydrogen-bond acceptors (Lipinski definition) is 3. The van der Waals surface area contributed by atoms with Crippen molar-refractivity contribution in [3.63, 3.8) is 0 Å². The highest BCUT2D eigenvalue weighted by Crippen LogP contribution is 2.55. The quantitative estimate of drug-likeness (QED) is 0.791. The molecule has 3 rings (SSSR count). The molecule has 0 spiro atoms. The van der Waals surface area contributed by atoms with Crippen molar-refractivity contribution in [2.75, 3.05) is 6.61 Å². The second kappa shape index (κ2) is 4.32. The van der Waals surface area contributed by atoms with Crippen LogP contribution in [0.4, 0.5) is 0 Å². The summed E-state index contributed by atoms with van der Waals surface area (Å²) in [6, 6.07) is 8.17. The van der Waals surface area contributed by atoms with Crippen LogP contribution in [0.1, 0.15) is 38.9 Å². The van der Waals surface area contributed by atoms with Crippen molar-refractivity contribution in [3.8, 4) is 0 Å². The van der Waals surface area contributed by atoms with Gasteiger partial charge in [-0.3, -0.25) is 0 Å². The molecule has 2 atom stereocenters. The first kappa shape index (κ1) is 13.1. The summed E-state index contributed by atoms with van der Waals surface area (Å²) >= 11 is 3.59. The fourth-order valence-corrected chi connectivity index (χ4v) is 3.06. The van der Waals surface area contributed by atoms with Gasteiger partial charge in [-0.15, -0.1) is 0 Å². The fourth-order valence-electron chi connectivity index (χ4n) is 2.56. The Bertz CT molecular complexity index is 541. The minimum absolute atomic E-state index is 0.0423. The van der Waals surface area contributed by atoms with Crippen LogP contribution in [-0.2, 0) is 9.47 Å². The zero-order valence-electron chi connectivity index (χ0n) is 11.4. The summed E-state index contributed by atoms with van der Waals surface area (Å²) in [6.07, 6.45) is 0.911. The van der Waals surface area contributed by atoms with E-state index in [9.17, 15) is 0 Å².